The van der Waals surface area contributed by atoms with Crippen LogP contribution in [0.1, 0.15) is 44.4 Å². The van der Waals surface area contributed by atoms with Crippen molar-refractivity contribution >= 4 is 11.9 Å². The highest BCUT2D eigenvalue weighted by Crippen LogP contribution is 2.29. The third-order valence-corrected chi connectivity index (χ3v) is 4.66. The summed E-state index contributed by atoms with van der Waals surface area (Å²) in [5, 5.41) is 10.00. The maximum Gasteiger partial charge on any atom is 0.101 e. The minimum atomic E-state index is -0.923. The van der Waals surface area contributed by atoms with Gasteiger partial charge < -0.3 is 14.7 Å². The van der Waals surface area contributed by atoms with Gasteiger partial charge in [0.05, 0.1) is 24.0 Å². The Hall–Kier alpha value is -1.72. The zero-order chi connectivity index (χ0) is 16.4. The Morgan fingerprint density at radius 2 is 2.13 bits per heavy atom. The lowest BCUT2D eigenvalue weighted by Gasteiger charge is -2.29. The summed E-state index contributed by atoms with van der Waals surface area (Å²) in [5.74, 6) is 0. The molecule has 1 aliphatic heterocycles. The number of rotatable bonds is 4. The maximum absolute atomic E-state index is 10.00. The van der Waals surface area contributed by atoms with Gasteiger partial charge in [-0.05, 0) is 45.2 Å². The molecule has 2 heterocycles. The standard InChI is InChI=1S/C18H25N3O2/c1-18(2,22)17-7-4-13(11-20-17)16-12-21(9-8-19-16)14-5-6-15(10-14)23-3/h4,7-8,11-12,14-15,22H,5-6,9-10H2,1-3H3/t14-,15+/m1/s1. The molecule has 1 aromatic rings. The van der Waals surface area contributed by atoms with Crippen LogP contribution in [0.5, 0.6) is 0 Å². The molecule has 1 fully saturated rings. The van der Waals surface area contributed by atoms with E-state index in [0.29, 0.717) is 17.8 Å². The number of hydrogen-bond acceptors (Lipinski definition) is 5. The minimum Gasteiger partial charge on any atom is -0.384 e. The van der Waals surface area contributed by atoms with Gasteiger partial charge in [0.25, 0.3) is 0 Å². The lowest BCUT2D eigenvalue weighted by atomic mass is 10.0. The topological polar surface area (TPSA) is 58.0 Å². The number of nitrogens with zero attached hydrogens (tertiary/aromatic N) is 3. The Kier molecular flexibility index (Phi) is 4.50. The Balaban J connectivity index is 1.75. The molecule has 1 N–H and O–H groups in total. The van der Waals surface area contributed by atoms with Crippen molar-refractivity contribution in [2.75, 3.05) is 13.7 Å². The summed E-state index contributed by atoms with van der Waals surface area (Å²) in [6, 6.07) is 4.35. The van der Waals surface area contributed by atoms with E-state index >= 15 is 0 Å². The van der Waals surface area contributed by atoms with E-state index in [9.17, 15) is 5.11 Å². The third kappa shape index (κ3) is 3.62. The zero-order valence-electron chi connectivity index (χ0n) is 14.1. The summed E-state index contributed by atoms with van der Waals surface area (Å²) in [5.41, 5.74) is 1.64. The van der Waals surface area contributed by atoms with Gasteiger partial charge >= 0.3 is 0 Å². The summed E-state index contributed by atoms with van der Waals surface area (Å²) >= 11 is 0. The first-order chi connectivity index (χ1) is 11.0. The summed E-state index contributed by atoms with van der Waals surface area (Å²) in [6.07, 6.45) is 9.61. The highest BCUT2D eigenvalue weighted by molar-refractivity contribution is 5.76. The fourth-order valence-corrected chi connectivity index (χ4v) is 3.22. The first-order valence-corrected chi connectivity index (χ1v) is 8.19. The molecule has 124 valence electrons. The van der Waals surface area contributed by atoms with Gasteiger partial charge in [-0.25, -0.2) is 0 Å². The average molecular weight is 315 g/mol. The molecule has 0 aromatic carbocycles. The highest BCUT2D eigenvalue weighted by atomic mass is 16.5. The quantitative estimate of drug-likeness (QED) is 0.928. The van der Waals surface area contributed by atoms with Crippen LogP contribution < -0.4 is 0 Å². The van der Waals surface area contributed by atoms with Crippen molar-refractivity contribution in [3.63, 3.8) is 0 Å². The first-order valence-electron chi connectivity index (χ1n) is 8.19. The van der Waals surface area contributed by atoms with Gasteiger partial charge in [-0.2, -0.15) is 0 Å². The normalized spacial score (nSPS) is 24.9. The van der Waals surface area contributed by atoms with E-state index in [1.807, 2.05) is 18.3 Å². The molecule has 0 bridgehead atoms. The first kappa shape index (κ1) is 16.1. The van der Waals surface area contributed by atoms with Crippen LogP contribution in [-0.4, -0.2) is 47.0 Å². The Labute approximate surface area is 137 Å². The molecular formula is C18H25N3O2. The molecule has 0 amide bonds. The van der Waals surface area contributed by atoms with Gasteiger partial charge in [-0.15, -0.1) is 0 Å². The average Bonchev–Trinajstić information content (AvgIpc) is 3.03. The van der Waals surface area contributed by atoms with E-state index in [2.05, 4.69) is 21.1 Å². The van der Waals surface area contributed by atoms with Crippen molar-refractivity contribution in [3.05, 3.63) is 35.8 Å². The molecule has 0 radical (unpaired) electrons. The highest BCUT2D eigenvalue weighted by Gasteiger charge is 2.28. The maximum atomic E-state index is 10.00. The summed E-state index contributed by atoms with van der Waals surface area (Å²) in [6.45, 7) is 4.32. The number of aromatic nitrogens is 1. The van der Waals surface area contributed by atoms with Crippen LogP contribution in [0.25, 0.3) is 5.70 Å². The van der Waals surface area contributed by atoms with Gasteiger partial charge in [-0.1, -0.05) is 0 Å². The van der Waals surface area contributed by atoms with Crippen molar-refractivity contribution in [1.82, 2.24) is 9.88 Å². The van der Waals surface area contributed by atoms with Gasteiger partial charge in [0.2, 0.25) is 0 Å². The molecule has 1 aliphatic carbocycles. The van der Waals surface area contributed by atoms with Gasteiger partial charge in [0.15, 0.2) is 0 Å². The minimum absolute atomic E-state index is 0.378. The lowest BCUT2D eigenvalue weighted by Crippen LogP contribution is -2.32. The smallest absolute Gasteiger partial charge is 0.101 e. The molecule has 5 heteroatoms. The van der Waals surface area contributed by atoms with Crippen molar-refractivity contribution in [3.8, 4) is 0 Å². The monoisotopic (exact) mass is 315 g/mol. The van der Waals surface area contributed by atoms with Crippen LogP contribution in [0.15, 0.2) is 29.5 Å². The molecule has 1 aromatic heterocycles. The number of pyridine rings is 1. The van der Waals surface area contributed by atoms with Crippen LogP contribution in [0.3, 0.4) is 0 Å². The predicted molar refractivity (Wildman–Crippen MR) is 91.1 cm³/mol. The Morgan fingerprint density at radius 3 is 2.74 bits per heavy atom. The molecule has 5 nitrogen and oxygen atoms in total. The summed E-state index contributed by atoms with van der Waals surface area (Å²) in [7, 11) is 1.79. The summed E-state index contributed by atoms with van der Waals surface area (Å²) in [4.78, 5) is 11.2. The van der Waals surface area contributed by atoms with E-state index < -0.39 is 5.60 Å². The molecular weight excluding hydrogens is 290 g/mol. The van der Waals surface area contributed by atoms with Crippen LogP contribution in [0.2, 0.25) is 0 Å². The lowest BCUT2D eigenvalue weighted by molar-refractivity contribution is 0.0738. The van der Waals surface area contributed by atoms with Crippen molar-refractivity contribution < 1.29 is 9.84 Å². The van der Waals surface area contributed by atoms with Gasteiger partial charge in [-0.3, -0.25) is 9.98 Å². The molecule has 3 rings (SSSR count). The van der Waals surface area contributed by atoms with E-state index in [4.69, 9.17) is 4.74 Å². The molecule has 0 unspecified atom stereocenters. The number of hydrogen-bond donors (Lipinski definition) is 1. The molecule has 2 atom stereocenters. The van der Waals surface area contributed by atoms with Crippen LogP contribution in [-0.2, 0) is 10.3 Å². The largest absolute Gasteiger partial charge is 0.384 e. The fourth-order valence-electron chi connectivity index (χ4n) is 3.22. The second kappa shape index (κ2) is 6.42. The number of aliphatic hydroxyl groups is 1. The molecule has 1 saturated carbocycles. The van der Waals surface area contributed by atoms with Crippen molar-refractivity contribution in [2.24, 2.45) is 4.99 Å². The second-order valence-electron chi connectivity index (χ2n) is 6.84. The van der Waals surface area contributed by atoms with E-state index in [0.717, 1.165) is 37.1 Å². The molecule has 0 spiro atoms. The Bertz CT molecular complexity index is 602. The van der Waals surface area contributed by atoms with E-state index in [-0.39, 0.29) is 0 Å². The summed E-state index contributed by atoms with van der Waals surface area (Å²) < 4.78 is 5.47. The van der Waals surface area contributed by atoms with Crippen LogP contribution in [0, 0.1) is 0 Å². The number of methoxy groups -OCH3 is 1. The molecule has 23 heavy (non-hydrogen) atoms. The van der Waals surface area contributed by atoms with Gasteiger partial charge in [0.1, 0.15) is 5.60 Å². The third-order valence-electron chi connectivity index (χ3n) is 4.66. The molecule has 0 saturated heterocycles. The Morgan fingerprint density at radius 1 is 1.30 bits per heavy atom. The van der Waals surface area contributed by atoms with Crippen LogP contribution >= 0.6 is 0 Å². The van der Waals surface area contributed by atoms with Crippen LogP contribution in [0.4, 0.5) is 0 Å². The predicted octanol–water partition coefficient (Wildman–Crippen LogP) is 2.56. The van der Waals surface area contributed by atoms with Crippen molar-refractivity contribution in [1.29, 1.82) is 0 Å². The second-order valence-corrected chi connectivity index (χ2v) is 6.84. The van der Waals surface area contributed by atoms with Gasteiger partial charge in [0, 0.05) is 37.3 Å². The fraction of sp³-hybridized carbons (Fsp3) is 0.556. The zero-order valence-corrected chi connectivity index (χ0v) is 14.1. The van der Waals surface area contributed by atoms with Crippen molar-refractivity contribution in [2.45, 2.75) is 50.9 Å². The SMILES string of the molecule is CO[C@H]1CC[C@@H](N2C=C(c3ccc(C(C)(C)O)nc3)N=CC2)C1. The number of ether oxygens (including phenoxy) is 1. The van der Waals surface area contributed by atoms with E-state index in [1.54, 1.807) is 27.2 Å². The number of aliphatic imine (C=N–C) groups is 1. The van der Waals surface area contributed by atoms with E-state index in [1.165, 1.54) is 0 Å². The molecule has 2 aliphatic rings.